The molecule has 0 radical (unpaired) electrons. The molecule has 4 rings (SSSR count). The first kappa shape index (κ1) is 18.2. The van der Waals surface area contributed by atoms with E-state index in [0.29, 0.717) is 29.4 Å². The van der Waals surface area contributed by atoms with Crippen LogP contribution in [0.3, 0.4) is 0 Å². The van der Waals surface area contributed by atoms with Gasteiger partial charge in [-0.05, 0) is 48.7 Å². The average Bonchev–Trinajstić information content (AvgIpc) is 3.28. The van der Waals surface area contributed by atoms with Crippen LogP contribution in [0.2, 0.25) is 0 Å². The Morgan fingerprint density at radius 1 is 1.11 bits per heavy atom. The Labute approximate surface area is 164 Å². The number of nitrogens with one attached hydrogen (secondary N) is 2. The highest BCUT2D eigenvalue weighted by atomic mass is 16.3. The van der Waals surface area contributed by atoms with E-state index in [4.69, 9.17) is 4.42 Å². The molecule has 3 aromatic heterocycles. The Morgan fingerprint density at radius 3 is 2.75 bits per heavy atom. The van der Waals surface area contributed by atoms with Crippen molar-refractivity contribution in [1.29, 1.82) is 0 Å². The standard InChI is InChI=1S/C22H24N4O2/c27-22(25-17-7-2-1-3-8-17)18-10-11-19(20-9-5-13-28-20)26-21(18)24-15-16-6-4-12-23-14-16/h4-6,9-14,17H,1-3,7-8,15H2,(H,24,26)(H,25,27). The maximum Gasteiger partial charge on any atom is 0.255 e. The zero-order valence-corrected chi connectivity index (χ0v) is 15.7. The smallest absolute Gasteiger partial charge is 0.255 e. The first-order chi connectivity index (χ1) is 13.8. The van der Waals surface area contributed by atoms with Gasteiger partial charge in [0.1, 0.15) is 11.5 Å². The van der Waals surface area contributed by atoms with Crippen molar-refractivity contribution < 1.29 is 9.21 Å². The van der Waals surface area contributed by atoms with Gasteiger partial charge in [-0.2, -0.15) is 0 Å². The van der Waals surface area contributed by atoms with E-state index in [-0.39, 0.29) is 11.9 Å². The van der Waals surface area contributed by atoms with Crippen molar-refractivity contribution in [3.8, 4) is 11.5 Å². The van der Waals surface area contributed by atoms with Gasteiger partial charge < -0.3 is 15.1 Å². The molecule has 1 aliphatic carbocycles. The van der Waals surface area contributed by atoms with Crippen LogP contribution in [0, 0.1) is 0 Å². The number of nitrogens with zero attached hydrogens (tertiary/aromatic N) is 2. The summed E-state index contributed by atoms with van der Waals surface area (Å²) in [5.74, 6) is 1.13. The summed E-state index contributed by atoms with van der Waals surface area (Å²) in [5.41, 5.74) is 2.25. The third kappa shape index (κ3) is 4.39. The largest absolute Gasteiger partial charge is 0.463 e. The van der Waals surface area contributed by atoms with Gasteiger partial charge in [-0.15, -0.1) is 0 Å². The lowest BCUT2D eigenvalue weighted by molar-refractivity contribution is 0.0928. The van der Waals surface area contributed by atoms with Gasteiger partial charge >= 0.3 is 0 Å². The Kier molecular flexibility index (Phi) is 5.66. The zero-order valence-electron chi connectivity index (χ0n) is 15.7. The Hall–Kier alpha value is -3.15. The predicted molar refractivity (Wildman–Crippen MR) is 108 cm³/mol. The molecule has 0 saturated heterocycles. The van der Waals surface area contributed by atoms with Crippen LogP contribution >= 0.6 is 0 Å². The molecule has 0 spiro atoms. The number of amides is 1. The highest BCUT2D eigenvalue weighted by molar-refractivity contribution is 5.99. The van der Waals surface area contributed by atoms with E-state index >= 15 is 0 Å². The van der Waals surface area contributed by atoms with Crippen molar-refractivity contribution in [3.05, 3.63) is 66.2 Å². The summed E-state index contributed by atoms with van der Waals surface area (Å²) < 4.78 is 5.46. The maximum atomic E-state index is 12.9. The van der Waals surface area contributed by atoms with Crippen molar-refractivity contribution in [2.24, 2.45) is 0 Å². The molecular formula is C22H24N4O2. The van der Waals surface area contributed by atoms with Crippen molar-refractivity contribution in [1.82, 2.24) is 15.3 Å². The number of carbonyl (C=O) groups excluding carboxylic acids is 1. The predicted octanol–water partition coefficient (Wildman–Crippen LogP) is 4.41. The summed E-state index contributed by atoms with van der Waals surface area (Å²) in [6, 6.07) is 11.4. The topological polar surface area (TPSA) is 80.0 Å². The number of hydrogen-bond acceptors (Lipinski definition) is 5. The fraction of sp³-hybridized carbons (Fsp3) is 0.318. The average molecular weight is 376 g/mol. The molecule has 0 atom stereocenters. The van der Waals surface area contributed by atoms with Crippen LogP contribution in [0.5, 0.6) is 0 Å². The van der Waals surface area contributed by atoms with Crippen LogP contribution in [0.25, 0.3) is 11.5 Å². The summed E-state index contributed by atoms with van der Waals surface area (Å²) in [4.78, 5) is 21.7. The van der Waals surface area contributed by atoms with Gasteiger partial charge in [-0.1, -0.05) is 25.3 Å². The molecule has 1 saturated carbocycles. The van der Waals surface area contributed by atoms with Crippen molar-refractivity contribution in [2.45, 2.75) is 44.7 Å². The van der Waals surface area contributed by atoms with Crippen LogP contribution < -0.4 is 10.6 Å². The molecule has 0 aromatic carbocycles. The summed E-state index contributed by atoms with van der Waals surface area (Å²) >= 11 is 0. The summed E-state index contributed by atoms with van der Waals surface area (Å²) in [7, 11) is 0. The molecule has 28 heavy (non-hydrogen) atoms. The lowest BCUT2D eigenvalue weighted by Crippen LogP contribution is -2.36. The van der Waals surface area contributed by atoms with Crippen LogP contribution in [-0.2, 0) is 6.54 Å². The van der Waals surface area contributed by atoms with E-state index < -0.39 is 0 Å². The minimum atomic E-state index is -0.0842. The number of furan rings is 1. The first-order valence-electron chi connectivity index (χ1n) is 9.78. The monoisotopic (exact) mass is 376 g/mol. The Morgan fingerprint density at radius 2 is 2.00 bits per heavy atom. The van der Waals surface area contributed by atoms with E-state index in [2.05, 4.69) is 20.6 Å². The molecule has 1 amide bonds. The van der Waals surface area contributed by atoms with Crippen LogP contribution in [0.1, 0.15) is 48.0 Å². The fourth-order valence-electron chi connectivity index (χ4n) is 3.54. The van der Waals surface area contributed by atoms with Crippen LogP contribution in [-0.4, -0.2) is 21.9 Å². The van der Waals surface area contributed by atoms with Crippen LogP contribution in [0.4, 0.5) is 5.82 Å². The van der Waals surface area contributed by atoms with E-state index in [0.717, 1.165) is 18.4 Å². The molecule has 1 aliphatic rings. The molecule has 3 heterocycles. The number of carbonyl (C=O) groups is 1. The van der Waals surface area contributed by atoms with Gasteiger partial charge in [-0.25, -0.2) is 4.98 Å². The highest BCUT2D eigenvalue weighted by Gasteiger charge is 2.20. The number of anilines is 1. The molecule has 2 N–H and O–H groups in total. The molecule has 3 aromatic rings. The minimum absolute atomic E-state index is 0.0842. The second-order valence-electron chi connectivity index (χ2n) is 7.09. The van der Waals surface area contributed by atoms with E-state index in [1.54, 1.807) is 18.7 Å². The van der Waals surface area contributed by atoms with E-state index in [9.17, 15) is 4.79 Å². The van der Waals surface area contributed by atoms with Gasteiger partial charge in [0.25, 0.3) is 5.91 Å². The fourth-order valence-corrected chi connectivity index (χ4v) is 3.54. The minimum Gasteiger partial charge on any atom is -0.463 e. The Bertz CT molecular complexity index is 904. The summed E-state index contributed by atoms with van der Waals surface area (Å²) in [6.07, 6.45) is 10.8. The highest BCUT2D eigenvalue weighted by Crippen LogP contribution is 2.24. The van der Waals surface area contributed by atoms with Crippen molar-refractivity contribution >= 4 is 11.7 Å². The quantitative estimate of drug-likeness (QED) is 0.666. The van der Waals surface area contributed by atoms with Crippen molar-refractivity contribution in [3.63, 3.8) is 0 Å². The lowest BCUT2D eigenvalue weighted by atomic mass is 9.95. The molecule has 6 nitrogen and oxygen atoms in total. The van der Waals surface area contributed by atoms with Gasteiger partial charge in [0, 0.05) is 25.0 Å². The number of hydrogen-bond donors (Lipinski definition) is 2. The lowest BCUT2D eigenvalue weighted by Gasteiger charge is -2.23. The van der Waals surface area contributed by atoms with Gasteiger partial charge in [0.2, 0.25) is 0 Å². The number of pyridine rings is 2. The van der Waals surface area contributed by atoms with E-state index in [1.165, 1.54) is 19.3 Å². The summed E-state index contributed by atoms with van der Waals surface area (Å²) in [6.45, 7) is 0.534. The van der Waals surface area contributed by atoms with Gasteiger partial charge in [0.05, 0.1) is 11.8 Å². The van der Waals surface area contributed by atoms with Crippen LogP contribution in [0.15, 0.2) is 59.5 Å². The maximum absolute atomic E-state index is 12.9. The molecule has 6 heteroatoms. The Balaban J connectivity index is 1.57. The normalized spacial score (nSPS) is 14.6. The molecule has 0 aliphatic heterocycles. The number of rotatable bonds is 6. The van der Waals surface area contributed by atoms with Gasteiger partial charge in [0.15, 0.2) is 5.76 Å². The third-order valence-electron chi connectivity index (χ3n) is 5.04. The SMILES string of the molecule is O=C(NC1CCCCC1)c1ccc(-c2ccco2)nc1NCc1cccnc1. The van der Waals surface area contributed by atoms with Crippen molar-refractivity contribution in [2.75, 3.05) is 5.32 Å². The third-order valence-corrected chi connectivity index (χ3v) is 5.04. The molecule has 144 valence electrons. The second-order valence-corrected chi connectivity index (χ2v) is 7.09. The molecule has 0 bridgehead atoms. The molecular weight excluding hydrogens is 352 g/mol. The number of aromatic nitrogens is 2. The van der Waals surface area contributed by atoms with E-state index in [1.807, 2.05) is 36.4 Å². The van der Waals surface area contributed by atoms with Gasteiger partial charge in [-0.3, -0.25) is 9.78 Å². The zero-order chi connectivity index (χ0) is 19.2. The molecule has 1 fully saturated rings. The molecule has 0 unspecified atom stereocenters. The first-order valence-corrected chi connectivity index (χ1v) is 9.78. The summed E-state index contributed by atoms with van der Waals surface area (Å²) in [5, 5.41) is 6.47. The second kappa shape index (κ2) is 8.69.